The van der Waals surface area contributed by atoms with Gasteiger partial charge in [-0.1, -0.05) is 12.1 Å². The molecule has 0 aromatic heterocycles. The van der Waals surface area contributed by atoms with E-state index in [1.54, 1.807) is 24.0 Å². The molecule has 0 saturated carbocycles. The van der Waals surface area contributed by atoms with Crippen LogP contribution in [0, 0.1) is 0 Å². The number of carbonyl (C=O) groups excluding carboxylic acids is 1. The first-order valence-electron chi connectivity index (χ1n) is 5.89. The number of hydrogen-bond donors (Lipinski definition) is 2. The number of fused-ring (bicyclic) bond motifs is 1. The first-order chi connectivity index (χ1) is 8.50. The fourth-order valence-electron chi connectivity index (χ4n) is 2.29. The van der Waals surface area contributed by atoms with Crippen molar-refractivity contribution in [3.63, 3.8) is 0 Å². The Balaban J connectivity index is 2.28. The van der Waals surface area contributed by atoms with Crippen LogP contribution in [-0.4, -0.2) is 34.5 Å². The average molecular weight is 248 g/mol. The molecule has 1 heterocycles. The zero-order chi connectivity index (χ0) is 13.3. The minimum Gasteiger partial charge on any atom is -0.478 e. The highest BCUT2D eigenvalue weighted by Crippen LogP contribution is 2.23. The van der Waals surface area contributed by atoms with Gasteiger partial charge in [0.05, 0.1) is 11.6 Å². The van der Waals surface area contributed by atoms with Gasteiger partial charge < -0.3 is 15.7 Å². The molecule has 0 saturated heterocycles. The third-order valence-corrected chi connectivity index (χ3v) is 3.20. The number of carbonyl (C=O) groups is 2. The number of aromatic carboxylic acids is 1. The second-order valence-corrected chi connectivity index (χ2v) is 4.55. The maximum atomic E-state index is 11.8. The maximum absolute atomic E-state index is 11.8. The highest BCUT2D eigenvalue weighted by molar-refractivity contribution is 5.90. The molecule has 18 heavy (non-hydrogen) atoms. The molecule has 0 radical (unpaired) electrons. The first-order valence-corrected chi connectivity index (χ1v) is 5.89. The molecule has 96 valence electrons. The number of carboxylic acids is 1. The largest absolute Gasteiger partial charge is 0.478 e. The van der Waals surface area contributed by atoms with Crippen molar-refractivity contribution in [1.29, 1.82) is 0 Å². The summed E-state index contributed by atoms with van der Waals surface area (Å²) in [6, 6.07) is 4.66. The van der Waals surface area contributed by atoms with E-state index in [4.69, 9.17) is 10.8 Å². The van der Waals surface area contributed by atoms with Crippen molar-refractivity contribution in [3.8, 4) is 0 Å². The van der Waals surface area contributed by atoms with Crippen LogP contribution < -0.4 is 5.73 Å². The van der Waals surface area contributed by atoms with Gasteiger partial charge in [0.2, 0.25) is 5.91 Å². The Hall–Kier alpha value is -1.88. The van der Waals surface area contributed by atoms with Crippen LogP contribution in [0.4, 0.5) is 0 Å². The molecule has 3 N–H and O–H groups in total. The molecule has 5 nitrogen and oxygen atoms in total. The molecule has 1 atom stereocenters. The highest BCUT2D eigenvalue weighted by Gasteiger charge is 2.25. The van der Waals surface area contributed by atoms with Crippen LogP contribution in [0.15, 0.2) is 18.2 Å². The van der Waals surface area contributed by atoms with Crippen LogP contribution in [0.5, 0.6) is 0 Å². The SMILES string of the molecule is C[C@@H](N)C(=O)N1CCc2c(cccc2C(=O)O)C1. The summed E-state index contributed by atoms with van der Waals surface area (Å²) in [6.07, 6.45) is 0.566. The zero-order valence-corrected chi connectivity index (χ0v) is 10.2. The van der Waals surface area contributed by atoms with E-state index in [1.165, 1.54) is 0 Å². The summed E-state index contributed by atoms with van der Waals surface area (Å²) in [6.45, 7) is 2.63. The molecule has 0 bridgehead atoms. The topological polar surface area (TPSA) is 83.6 Å². The van der Waals surface area contributed by atoms with E-state index in [-0.39, 0.29) is 5.91 Å². The first kappa shape index (κ1) is 12.6. The molecular weight excluding hydrogens is 232 g/mol. The van der Waals surface area contributed by atoms with E-state index < -0.39 is 12.0 Å². The maximum Gasteiger partial charge on any atom is 0.335 e. The summed E-state index contributed by atoms with van der Waals surface area (Å²) in [5.74, 6) is -1.01. The fraction of sp³-hybridized carbons (Fsp3) is 0.385. The van der Waals surface area contributed by atoms with Gasteiger partial charge in [-0.15, -0.1) is 0 Å². The summed E-state index contributed by atoms with van der Waals surface area (Å²) >= 11 is 0. The van der Waals surface area contributed by atoms with E-state index in [0.717, 1.165) is 11.1 Å². The number of rotatable bonds is 2. The van der Waals surface area contributed by atoms with Gasteiger partial charge in [-0.2, -0.15) is 0 Å². The van der Waals surface area contributed by atoms with Gasteiger partial charge in [-0.25, -0.2) is 4.79 Å². The predicted octanol–water partition coefficient (Wildman–Crippen LogP) is 0.617. The Bertz CT molecular complexity index is 497. The third kappa shape index (κ3) is 2.22. The monoisotopic (exact) mass is 248 g/mol. The molecule has 1 aliphatic rings. The normalized spacial score (nSPS) is 16.0. The summed E-state index contributed by atoms with van der Waals surface area (Å²) in [4.78, 5) is 24.6. The van der Waals surface area contributed by atoms with Gasteiger partial charge >= 0.3 is 5.97 Å². The summed E-state index contributed by atoms with van der Waals surface area (Å²) in [5, 5.41) is 9.10. The fourth-order valence-corrected chi connectivity index (χ4v) is 2.29. The van der Waals surface area contributed by atoms with Crippen molar-refractivity contribution in [3.05, 3.63) is 34.9 Å². The van der Waals surface area contributed by atoms with E-state index in [9.17, 15) is 9.59 Å². The summed E-state index contributed by atoms with van der Waals surface area (Å²) in [5.41, 5.74) is 7.64. The molecule has 0 aliphatic carbocycles. The van der Waals surface area contributed by atoms with E-state index >= 15 is 0 Å². The van der Waals surface area contributed by atoms with E-state index in [0.29, 0.717) is 25.1 Å². The Labute approximate surface area is 105 Å². The summed E-state index contributed by atoms with van der Waals surface area (Å²) < 4.78 is 0. The lowest BCUT2D eigenvalue weighted by Crippen LogP contribution is -2.44. The number of carboxylic acid groups (broad SMARTS) is 1. The van der Waals surface area contributed by atoms with Crippen LogP contribution in [-0.2, 0) is 17.8 Å². The van der Waals surface area contributed by atoms with Crippen molar-refractivity contribution >= 4 is 11.9 Å². The van der Waals surface area contributed by atoms with Crippen molar-refractivity contribution in [2.45, 2.75) is 25.9 Å². The second-order valence-electron chi connectivity index (χ2n) is 4.55. The Morgan fingerprint density at radius 2 is 2.17 bits per heavy atom. The molecule has 0 unspecified atom stereocenters. The Morgan fingerprint density at radius 1 is 1.44 bits per heavy atom. The van der Waals surface area contributed by atoms with Crippen molar-refractivity contribution in [1.82, 2.24) is 4.90 Å². The Morgan fingerprint density at radius 3 is 2.78 bits per heavy atom. The van der Waals surface area contributed by atoms with Gasteiger partial charge in [-0.3, -0.25) is 4.79 Å². The molecule has 0 spiro atoms. The molecular formula is C13H16N2O3. The van der Waals surface area contributed by atoms with Crippen LogP contribution in [0.1, 0.15) is 28.4 Å². The minimum atomic E-state index is -0.918. The molecule has 1 amide bonds. The van der Waals surface area contributed by atoms with E-state index in [1.807, 2.05) is 6.07 Å². The van der Waals surface area contributed by atoms with Crippen LogP contribution in [0.2, 0.25) is 0 Å². The third-order valence-electron chi connectivity index (χ3n) is 3.20. The van der Waals surface area contributed by atoms with Crippen molar-refractivity contribution in [2.75, 3.05) is 6.54 Å². The highest BCUT2D eigenvalue weighted by atomic mass is 16.4. The smallest absolute Gasteiger partial charge is 0.335 e. The number of amides is 1. The van der Waals surface area contributed by atoms with Crippen molar-refractivity contribution in [2.24, 2.45) is 5.73 Å². The van der Waals surface area contributed by atoms with Crippen LogP contribution in [0.25, 0.3) is 0 Å². The molecule has 5 heteroatoms. The molecule has 2 rings (SSSR count). The number of nitrogens with zero attached hydrogens (tertiary/aromatic N) is 1. The standard InChI is InChI=1S/C13H16N2O3/c1-8(14)12(16)15-6-5-10-9(7-15)3-2-4-11(10)13(17)18/h2-4,8H,5-7,14H2,1H3,(H,17,18)/t8-/m1/s1. The average Bonchev–Trinajstić information content (AvgIpc) is 2.36. The predicted molar refractivity (Wildman–Crippen MR) is 66.2 cm³/mol. The molecule has 1 aromatic rings. The summed E-state index contributed by atoms with van der Waals surface area (Å²) in [7, 11) is 0. The number of nitrogens with two attached hydrogens (primary N) is 1. The Kier molecular flexibility index (Phi) is 3.34. The second kappa shape index (κ2) is 4.78. The lowest BCUT2D eigenvalue weighted by Gasteiger charge is -2.30. The van der Waals surface area contributed by atoms with Gasteiger partial charge in [0.1, 0.15) is 0 Å². The van der Waals surface area contributed by atoms with Crippen LogP contribution in [0.3, 0.4) is 0 Å². The van der Waals surface area contributed by atoms with Gasteiger partial charge in [0, 0.05) is 13.1 Å². The lowest BCUT2D eigenvalue weighted by molar-refractivity contribution is -0.133. The van der Waals surface area contributed by atoms with Gasteiger partial charge in [0.15, 0.2) is 0 Å². The van der Waals surface area contributed by atoms with E-state index in [2.05, 4.69) is 0 Å². The van der Waals surface area contributed by atoms with Crippen molar-refractivity contribution < 1.29 is 14.7 Å². The number of benzene rings is 1. The molecule has 0 fully saturated rings. The quantitative estimate of drug-likeness (QED) is 0.803. The zero-order valence-electron chi connectivity index (χ0n) is 10.2. The van der Waals surface area contributed by atoms with Crippen LogP contribution >= 0.6 is 0 Å². The lowest BCUT2D eigenvalue weighted by atomic mass is 9.94. The van der Waals surface area contributed by atoms with Gasteiger partial charge in [-0.05, 0) is 30.5 Å². The molecule has 1 aliphatic heterocycles. The number of hydrogen-bond acceptors (Lipinski definition) is 3. The molecule has 1 aromatic carbocycles. The van der Waals surface area contributed by atoms with Gasteiger partial charge in [0.25, 0.3) is 0 Å². The minimum absolute atomic E-state index is 0.0959.